The molecule has 1 rings (SSSR count). The molecule has 1 heterocycles. The molecule has 1 aliphatic rings. The van der Waals surface area contributed by atoms with Crippen molar-refractivity contribution in [3.05, 3.63) is 23.9 Å². The summed E-state index contributed by atoms with van der Waals surface area (Å²) >= 11 is 0. The number of hydrogen-bond donors (Lipinski definition) is 2. The van der Waals surface area contributed by atoms with Crippen LogP contribution < -0.4 is 0 Å². The van der Waals surface area contributed by atoms with E-state index in [1.165, 1.54) is 12.3 Å². The molecule has 0 aliphatic carbocycles. The maximum atomic E-state index is 8.90. The normalized spacial score (nSPS) is 26.2. The molecule has 0 radical (unpaired) electrons. The van der Waals surface area contributed by atoms with E-state index in [-0.39, 0.29) is 5.76 Å². The van der Waals surface area contributed by atoms with Crippen LogP contribution in [-0.4, -0.2) is 16.3 Å². The molecule has 1 atom stereocenters. The maximum absolute atomic E-state index is 8.90. The third kappa shape index (κ3) is 1.05. The van der Waals surface area contributed by atoms with Gasteiger partial charge in [-0.3, -0.25) is 0 Å². The van der Waals surface area contributed by atoms with Gasteiger partial charge in [0.25, 0.3) is 0 Å². The highest BCUT2D eigenvalue weighted by atomic mass is 16.5. The Balaban J connectivity index is 2.79. The Kier molecular flexibility index (Phi) is 1.44. The minimum atomic E-state index is -0.890. The summed E-state index contributed by atoms with van der Waals surface area (Å²) in [5, 5.41) is 17.8. The predicted molar refractivity (Wildman–Crippen MR) is 31.6 cm³/mol. The van der Waals surface area contributed by atoms with Crippen LogP contribution >= 0.6 is 0 Å². The van der Waals surface area contributed by atoms with Gasteiger partial charge >= 0.3 is 0 Å². The van der Waals surface area contributed by atoms with Gasteiger partial charge in [0, 0.05) is 0 Å². The quantitative estimate of drug-likeness (QED) is 0.504. The fourth-order valence-corrected chi connectivity index (χ4v) is 0.576. The highest BCUT2D eigenvalue weighted by Gasteiger charge is 2.13. The summed E-state index contributed by atoms with van der Waals surface area (Å²) in [6.07, 6.45) is 1.82. The number of ether oxygens (including phenoxy) is 1. The standard InChI is InChI=1S/C6H8O3/c1-4-6(8)5(7)2-3-9-4/h2-3,5,7-8H,1H3/t5-/m1/s1. The van der Waals surface area contributed by atoms with Crippen LogP contribution in [0.15, 0.2) is 23.9 Å². The van der Waals surface area contributed by atoms with E-state index in [0.29, 0.717) is 5.76 Å². The van der Waals surface area contributed by atoms with Gasteiger partial charge in [0.05, 0.1) is 6.26 Å². The first-order chi connectivity index (χ1) is 4.22. The van der Waals surface area contributed by atoms with E-state index in [1.54, 1.807) is 6.92 Å². The molecular formula is C6H8O3. The Morgan fingerprint density at radius 2 is 2.33 bits per heavy atom. The van der Waals surface area contributed by atoms with Crippen molar-refractivity contribution in [2.45, 2.75) is 13.0 Å². The first kappa shape index (κ1) is 6.16. The summed E-state index contributed by atoms with van der Waals surface area (Å²) in [7, 11) is 0. The van der Waals surface area contributed by atoms with Crippen LogP contribution in [0.25, 0.3) is 0 Å². The second kappa shape index (κ2) is 2.11. The lowest BCUT2D eigenvalue weighted by atomic mass is 10.2. The van der Waals surface area contributed by atoms with Crippen molar-refractivity contribution in [2.24, 2.45) is 0 Å². The number of allylic oxidation sites excluding steroid dienone is 1. The fourth-order valence-electron chi connectivity index (χ4n) is 0.576. The Bertz CT molecular complexity index is 169. The van der Waals surface area contributed by atoms with Gasteiger partial charge in [-0.15, -0.1) is 0 Å². The van der Waals surface area contributed by atoms with Crippen LogP contribution in [0.1, 0.15) is 6.92 Å². The molecule has 1 aliphatic heterocycles. The zero-order valence-corrected chi connectivity index (χ0v) is 5.03. The number of rotatable bonds is 0. The summed E-state index contributed by atoms with van der Waals surface area (Å²) in [5.41, 5.74) is 0. The molecule has 0 aromatic carbocycles. The van der Waals surface area contributed by atoms with Crippen LogP contribution in [0.2, 0.25) is 0 Å². The predicted octanol–water partition coefficient (Wildman–Crippen LogP) is 0.681. The molecule has 3 nitrogen and oxygen atoms in total. The van der Waals surface area contributed by atoms with Gasteiger partial charge in [0.1, 0.15) is 11.9 Å². The second-order valence-electron chi connectivity index (χ2n) is 1.83. The van der Waals surface area contributed by atoms with E-state index in [2.05, 4.69) is 0 Å². The van der Waals surface area contributed by atoms with E-state index in [4.69, 9.17) is 14.9 Å². The molecule has 9 heavy (non-hydrogen) atoms. The number of aliphatic hydroxyl groups is 2. The van der Waals surface area contributed by atoms with Crippen molar-refractivity contribution in [2.75, 3.05) is 0 Å². The Hall–Kier alpha value is -0.960. The maximum Gasteiger partial charge on any atom is 0.163 e. The summed E-state index contributed by atoms with van der Waals surface area (Å²) < 4.78 is 4.75. The molecule has 0 aromatic heterocycles. The summed E-state index contributed by atoms with van der Waals surface area (Å²) in [5.74, 6) is 0.238. The minimum Gasteiger partial charge on any atom is -0.506 e. The third-order valence-corrected chi connectivity index (χ3v) is 1.15. The highest BCUT2D eigenvalue weighted by molar-refractivity contribution is 5.14. The third-order valence-electron chi connectivity index (χ3n) is 1.15. The van der Waals surface area contributed by atoms with Crippen molar-refractivity contribution in [3.8, 4) is 0 Å². The largest absolute Gasteiger partial charge is 0.506 e. The molecule has 50 valence electrons. The van der Waals surface area contributed by atoms with E-state index < -0.39 is 6.10 Å². The lowest BCUT2D eigenvalue weighted by Crippen LogP contribution is -2.12. The van der Waals surface area contributed by atoms with Crippen molar-refractivity contribution in [1.29, 1.82) is 0 Å². The van der Waals surface area contributed by atoms with Gasteiger partial charge in [-0.1, -0.05) is 0 Å². The van der Waals surface area contributed by atoms with Gasteiger partial charge in [0.15, 0.2) is 5.76 Å². The van der Waals surface area contributed by atoms with Crippen LogP contribution in [0.3, 0.4) is 0 Å². The number of hydrogen-bond acceptors (Lipinski definition) is 3. The van der Waals surface area contributed by atoms with E-state index in [9.17, 15) is 0 Å². The first-order valence-corrected chi connectivity index (χ1v) is 2.63. The topological polar surface area (TPSA) is 49.7 Å². The van der Waals surface area contributed by atoms with Gasteiger partial charge in [-0.2, -0.15) is 0 Å². The zero-order valence-electron chi connectivity index (χ0n) is 5.03. The zero-order chi connectivity index (χ0) is 6.85. The van der Waals surface area contributed by atoms with E-state index in [0.717, 1.165) is 0 Å². The summed E-state index contributed by atoms with van der Waals surface area (Å²) in [6, 6.07) is 0. The van der Waals surface area contributed by atoms with Gasteiger partial charge < -0.3 is 14.9 Å². The molecule has 0 saturated heterocycles. The first-order valence-electron chi connectivity index (χ1n) is 2.63. The lowest BCUT2D eigenvalue weighted by molar-refractivity contribution is 0.156. The van der Waals surface area contributed by atoms with Crippen LogP contribution in [0.4, 0.5) is 0 Å². The smallest absolute Gasteiger partial charge is 0.163 e. The molecule has 0 bridgehead atoms. The lowest BCUT2D eigenvalue weighted by Gasteiger charge is -2.12. The molecular weight excluding hydrogens is 120 g/mol. The average molecular weight is 128 g/mol. The van der Waals surface area contributed by atoms with Crippen LogP contribution in [0, 0.1) is 0 Å². The van der Waals surface area contributed by atoms with Crippen LogP contribution in [-0.2, 0) is 4.74 Å². The highest BCUT2D eigenvalue weighted by Crippen LogP contribution is 2.13. The number of aliphatic hydroxyl groups excluding tert-OH is 2. The molecule has 3 heteroatoms. The van der Waals surface area contributed by atoms with Crippen LogP contribution in [0.5, 0.6) is 0 Å². The summed E-state index contributed by atoms with van der Waals surface area (Å²) in [6.45, 7) is 1.59. The Morgan fingerprint density at radius 1 is 1.67 bits per heavy atom. The molecule has 0 fully saturated rings. The monoisotopic (exact) mass is 128 g/mol. The van der Waals surface area contributed by atoms with Gasteiger partial charge in [0.2, 0.25) is 0 Å². The second-order valence-corrected chi connectivity index (χ2v) is 1.83. The molecule has 0 saturated carbocycles. The van der Waals surface area contributed by atoms with Crippen molar-refractivity contribution < 1.29 is 14.9 Å². The summed E-state index contributed by atoms with van der Waals surface area (Å²) in [4.78, 5) is 0. The van der Waals surface area contributed by atoms with Crippen molar-refractivity contribution in [3.63, 3.8) is 0 Å². The molecule has 0 unspecified atom stereocenters. The Labute approximate surface area is 52.9 Å². The van der Waals surface area contributed by atoms with Gasteiger partial charge in [-0.25, -0.2) is 0 Å². The average Bonchev–Trinajstić information content (AvgIpc) is 1.83. The SMILES string of the molecule is CC1=C(O)[C@H](O)C=CO1. The fraction of sp³-hybridized carbons (Fsp3) is 0.333. The van der Waals surface area contributed by atoms with Crippen molar-refractivity contribution in [1.82, 2.24) is 0 Å². The van der Waals surface area contributed by atoms with Gasteiger partial charge in [-0.05, 0) is 13.0 Å². The van der Waals surface area contributed by atoms with Crippen molar-refractivity contribution >= 4 is 0 Å². The Morgan fingerprint density at radius 3 is 2.78 bits per heavy atom. The van der Waals surface area contributed by atoms with E-state index in [1.807, 2.05) is 0 Å². The molecule has 0 aromatic rings. The minimum absolute atomic E-state index is 0.113. The molecule has 2 N–H and O–H groups in total. The molecule has 0 amide bonds. The van der Waals surface area contributed by atoms with E-state index >= 15 is 0 Å². The molecule has 0 spiro atoms.